The van der Waals surface area contributed by atoms with Crippen molar-refractivity contribution in [1.82, 2.24) is 5.32 Å². The van der Waals surface area contributed by atoms with Crippen molar-refractivity contribution in [2.75, 3.05) is 19.0 Å². The minimum atomic E-state index is -0.601. The number of nitrogens with one attached hydrogen (secondary N) is 2. The number of hydrogen-bond acceptors (Lipinski definition) is 4. The Morgan fingerprint density at radius 2 is 2.09 bits per heavy atom. The maximum absolute atomic E-state index is 12.1. The van der Waals surface area contributed by atoms with Crippen LogP contribution in [0, 0.1) is 0 Å². The van der Waals surface area contributed by atoms with E-state index in [9.17, 15) is 9.90 Å². The first-order valence-electron chi connectivity index (χ1n) is 8.40. The molecule has 2 rings (SSSR count). The van der Waals surface area contributed by atoms with Gasteiger partial charge in [0.15, 0.2) is 0 Å². The third kappa shape index (κ3) is 5.84. The molecule has 5 nitrogen and oxygen atoms in total. The lowest BCUT2D eigenvalue weighted by Gasteiger charge is -2.33. The lowest BCUT2D eigenvalue weighted by Crippen LogP contribution is -2.45. The largest absolute Gasteiger partial charge is 0.497 e. The first-order chi connectivity index (χ1) is 11.0. The number of carbonyl (C=O) groups is 1. The predicted octanol–water partition coefficient (Wildman–Crippen LogP) is 2.70. The van der Waals surface area contributed by atoms with Crippen LogP contribution in [-0.2, 0) is 4.79 Å². The highest BCUT2D eigenvalue weighted by Gasteiger charge is 2.29. The number of aliphatic hydroxyl groups is 1. The van der Waals surface area contributed by atoms with Crippen molar-refractivity contribution in [3.63, 3.8) is 0 Å². The van der Waals surface area contributed by atoms with E-state index in [4.69, 9.17) is 4.74 Å². The zero-order valence-corrected chi connectivity index (χ0v) is 14.1. The van der Waals surface area contributed by atoms with Gasteiger partial charge in [-0.3, -0.25) is 4.79 Å². The average molecular weight is 320 g/mol. The summed E-state index contributed by atoms with van der Waals surface area (Å²) in [5.74, 6) is 0.669. The molecule has 128 valence electrons. The molecule has 1 unspecified atom stereocenters. The van der Waals surface area contributed by atoms with Crippen molar-refractivity contribution in [2.45, 2.75) is 57.1 Å². The van der Waals surface area contributed by atoms with Gasteiger partial charge in [-0.25, -0.2) is 0 Å². The molecule has 0 saturated heterocycles. The molecule has 0 heterocycles. The normalized spacial score (nSPS) is 18.2. The first-order valence-corrected chi connectivity index (χ1v) is 8.40. The van der Waals surface area contributed by atoms with Gasteiger partial charge in [-0.05, 0) is 31.9 Å². The summed E-state index contributed by atoms with van der Waals surface area (Å²) in [4.78, 5) is 12.1. The molecule has 0 bridgehead atoms. The van der Waals surface area contributed by atoms with E-state index in [0.717, 1.165) is 31.4 Å². The lowest BCUT2D eigenvalue weighted by atomic mass is 9.85. The molecule has 0 radical (unpaired) electrons. The third-order valence-corrected chi connectivity index (χ3v) is 4.41. The summed E-state index contributed by atoms with van der Waals surface area (Å²) in [6, 6.07) is 7.33. The zero-order valence-electron chi connectivity index (χ0n) is 14.1. The lowest BCUT2D eigenvalue weighted by molar-refractivity contribution is -0.116. The fourth-order valence-corrected chi connectivity index (χ4v) is 3.01. The predicted molar refractivity (Wildman–Crippen MR) is 91.7 cm³/mol. The maximum Gasteiger partial charge on any atom is 0.225 e. The topological polar surface area (TPSA) is 70.6 Å². The number of carbonyl (C=O) groups excluding carboxylic acids is 1. The molecule has 1 fully saturated rings. The maximum atomic E-state index is 12.1. The Morgan fingerprint density at radius 3 is 2.78 bits per heavy atom. The molecule has 0 aromatic heterocycles. The Hall–Kier alpha value is -1.59. The molecule has 3 N–H and O–H groups in total. The highest BCUT2D eigenvalue weighted by Crippen LogP contribution is 2.27. The van der Waals surface area contributed by atoms with Crippen LogP contribution in [0.2, 0.25) is 0 Å². The summed E-state index contributed by atoms with van der Waals surface area (Å²) in [6.07, 6.45) is 5.45. The Morgan fingerprint density at radius 1 is 1.35 bits per heavy atom. The number of anilines is 1. The van der Waals surface area contributed by atoms with Crippen LogP contribution in [0.1, 0.15) is 45.4 Å². The zero-order chi connectivity index (χ0) is 16.7. The number of benzene rings is 1. The standard InChI is InChI=1S/C18H28N2O3/c1-14(19-13-18(22)9-4-3-5-10-18)11-17(21)20-15-7-6-8-16(12-15)23-2/h6-8,12,14,19,22H,3-5,9-11,13H2,1-2H3,(H,20,21). The molecule has 1 aromatic rings. The van der Waals surface area contributed by atoms with Crippen molar-refractivity contribution >= 4 is 11.6 Å². The van der Waals surface area contributed by atoms with Gasteiger partial charge in [0.2, 0.25) is 5.91 Å². The van der Waals surface area contributed by atoms with Crippen LogP contribution < -0.4 is 15.4 Å². The summed E-state index contributed by atoms with van der Waals surface area (Å²) in [5, 5.41) is 16.6. The summed E-state index contributed by atoms with van der Waals surface area (Å²) < 4.78 is 5.14. The van der Waals surface area contributed by atoms with Gasteiger partial charge in [-0.15, -0.1) is 0 Å². The molecule has 1 aliphatic rings. The van der Waals surface area contributed by atoms with Crippen molar-refractivity contribution < 1.29 is 14.6 Å². The molecule has 23 heavy (non-hydrogen) atoms. The van der Waals surface area contributed by atoms with Gasteiger partial charge in [0, 0.05) is 30.8 Å². The highest BCUT2D eigenvalue weighted by atomic mass is 16.5. The van der Waals surface area contributed by atoms with Gasteiger partial charge in [0.25, 0.3) is 0 Å². The highest BCUT2D eigenvalue weighted by molar-refractivity contribution is 5.91. The smallest absolute Gasteiger partial charge is 0.225 e. The van der Waals surface area contributed by atoms with Crippen LogP contribution >= 0.6 is 0 Å². The second-order valence-electron chi connectivity index (χ2n) is 6.55. The van der Waals surface area contributed by atoms with Crippen LogP contribution in [0.15, 0.2) is 24.3 Å². The number of hydrogen-bond donors (Lipinski definition) is 3. The quantitative estimate of drug-likeness (QED) is 0.722. The molecule has 0 aliphatic heterocycles. The Bertz CT molecular complexity index is 513. The summed E-state index contributed by atoms with van der Waals surface area (Å²) in [7, 11) is 1.60. The molecule has 1 aromatic carbocycles. The second-order valence-corrected chi connectivity index (χ2v) is 6.55. The van der Waals surface area contributed by atoms with Gasteiger partial charge in [-0.1, -0.05) is 25.3 Å². The minimum absolute atomic E-state index is 0.0200. The van der Waals surface area contributed by atoms with Crippen molar-refractivity contribution in [1.29, 1.82) is 0 Å². The molecule has 1 amide bonds. The monoisotopic (exact) mass is 320 g/mol. The van der Waals surface area contributed by atoms with Gasteiger partial charge in [-0.2, -0.15) is 0 Å². The van der Waals surface area contributed by atoms with Crippen LogP contribution in [-0.4, -0.2) is 36.3 Å². The second kappa shape index (κ2) is 8.31. The van der Waals surface area contributed by atoms with Crippen LogP contribution in [0.4, 0.5) is 5.69 Å². The molecule has 1 aliphatic carbocycles. The first kappa shape index (κ1) is 17.8. The van der Waals surface area contributed by atoms with Crippen LogP contribution in [0.3, 0.4) is 0 Å². The minimum Gasteiger partial charge on any atom is -0.497 e. The van der Waals surface area contributed by atoms with E-state index in [1.54, 1.807) is 13.2 Å². The number of ether oxygens (including phenoxy) is 1. The Labute approximate surface area is 138 Å². The Balaban J connectivity index is 1.75. The fourth-order valence-electron chi connectivity index (χ4n) is 3.01. The summed E-state index contributed by atoms with van der Waals surface area (Å²) in [6.45, 7) is 2.53. The van der Waals surface area contributed by atoms with E-state index in [-0.39, 0.29) is 11.9 Å². The van der Waals surface area contributed by atoms with E-state index in [2.05, 4.69) is 10.6 Å². The van der Waals surface area contributed by atoms with E-state index in [0.29, 0.717) is 18.7 Å². The van der Waals surface area contributed by atoms with Gasteiger partial charge >= 0.3 is 0 Å². The van der Waals surface area contributed by atoms with Gasteiger partial charge in [0.05, 0.1) is 12.7 Å². The molecule has 1 atom stereocenters. The molecule has 5 heteroatoms. The van der Waals surface area contributed by atoms with E-state index in [1.807, 2.05) is 25.1 Å². The Kier molecular flexibility index (Phi) is 6.42. The fraction of sp³-hybridized carbons (Fsp3) is 0.611. The number of methoxy groups -OCH3 is 1. The van der Waals surface area contributed by atoms with E-state index >= 15 is 0 Å². The van der Waals surface area contributed by atoms with Gasteiger partial charge < -0.3 is 20.5 Å². The number of amides is 1. The SMILES string of the molecule is COc1cccc(NC(=O)CC(C)NCC2(O)CCCCC2)c1. The van der Waals surface area contributed by atoms with Crippen LogP contribution in [0.25, 0.3) is 0 Å². The van der Waals surface area contributed by atoms with Gasteiger partial charge in [0.1, 0.15) is 5.75 Å². The molecular weight excluding hydrogens is 292 g/mol. The molecular formula is C18H28N2O3. The van der Waals surface area contributed by atoms with Crippen LogP contribution in [0.5, 0.6) is 5.75 Å². The average Bonchev–Trinajstić information content (AvgIpc) is 2.54. The molecule has 1 saturated carbocycles. The van der Waals surface area contributed by atoms with Crippen molar-refractivity contribution in [2.24, 2.45) is 0 Å². The number of rotatable bonds is 7. The molecule has 0 spiro atoms. The summed E-state index contributed by atoms with van der Waals surface area (Å²) in [5.41, 5.74) is 0.128. The third-order valence-electron chi connectivity index (χ3n) is 4.41. The van der Waals surface area contributed by atoms with E-state index < -0.39 is 5.60 Å². The van der Waals surface area contributed by atoms with E-state index in [1.165, 1.54) is 6.42 Å². The summed E-state index contributed by atoms with van der Waals surface area (Å²) >= 11 is 0. The van der Waals surface area contributed by atoms with Crippen molar-refractivity contribution in [3.8, 4) is 5.75 Å². The van der Waals surface area contributed by atoms with Crippen molar-refractivity contribution in [3.05, 3.63) is 24.3 Å².